The highest BCUT2D eigenvalue weighted by Crippen LogP contribution is 2.45. The van der Waals surface area contributed by atoms with E-state index in [1.807, 2.05) is 26.2 Å². The van der Waals surface area contributed by atoms with Crippen molar-refractivity contribution in [2.24, 2.45) is 17.3 Å². The van der Waals surface area contributed by atoms with Crippen molar-refractivity contribution in [2.75, 3.05) is 6.26 Å². The number of rotatable bonds is 3. The number of epoxide rings is 1. The van der Waals surface area contributed by atoms with Crippen LogP contribution in [0.3, 0.4) is 0 Å². The average molecular weight is 535 g/mol. The molecule has 0 amide bonds. The third-order valence-corrected chi connectivity index (χ3v) is 8.69. The van der Waals surface area contributed by atoms with E-state index in [-0.39, 0.29) is 29.8 Å². The van der Waals surface area contributed by atoms with E-state index in [1.54, 1.807) is 33.0 Å². The molecule has 2 aliphatic heterocycles. The first kappa shape index (κ1) is 29.7. The molecular weight excluding hydrogens is 492 g/mol. The molecule has 1 aromatic rings. The predicted molar refractivity (Wildman–Crippen MR) is 143 cm³/mol. The van der Waals surface area contributed by atoms with Gasteiger partial charge in [0, 0.05) is 18.5 Å². The van der Waals surface area contributed by atoms with Crippen LogP contribution >= 0.6 is 11.8 Å². The third kappa shape index (κ3) is 7.19. The highest BCUT2D eigenvalue weighted by atomic mass is 32.2. The fourth-order valence-electron chi connectivity index (χ4n) is 5.15. The minimum atomic E-state index is -1.25. The van der Waals surface area contributed by atoms with Crippen LogP contribution in [-0.2, 0) is 19.1 Å². The molecule has 2 fully saturated rings. The number of nitrogens with zero attached hydrogens (tertiary/aromatic N) is 2. The van der Waals surface area contributed by atoms with Gasteiger partial charge in [-0.25, -0.2) is 9.97 Å². The zero-order valence-electron chi connectivity index (χ0n) is 23.1. The molecule has 0 aromatic carbocycles. The number of thioether (sulfide) groups is 1. The van der Waals surface area contributed by atoms with Crippen molar-refractivity contribution >= 4 is 29.6 Å². The number of cyclic esters (lactones) is 1. The van der Waals surface area contributed by atoms with E-state index in [1.165, 1.54) is 11.8 Å². The van der Waals surface area contributed by atoms with Crippen LogP contribution in [0.25, 0.3) is 6.08 Å². The summed E-state index contributed by atoms with van der Waals surface area (Å²) in [6, 6.07) is 1.80. The number of fused-ring (bicyclic) bond motifs is 1. The number of hydrogen-bond donors (Lipinski definition) is 2. The number of ketones is 1. The van der Waals surface area contributed by atoms with Gasteiger partial charge in [0.1, 0.15) is 11.9 Å². The van der Waals surface area contributed by atoms with Crippen molar-refractivity contribution in [2.45, 2.75) is 109 Å². The van der Waals surface area contributed by atoms with Gasteiger partial charge < -0.3 is 19.7 Å². The summed E-state index contributed by atoms with van der Waals surface area (Å²) in [5.41, 5.74) is -0.0124. The molecule has 1 aromatic heterocycles. The molecule has 0 spiro atoms. The number of Topliss-reactive ketones (excluding diaryl/α,β-unsaturated/α-hetero) is 1. The van der Waals surface area contributed by atoms with Crippen molar-refractivity contribution in [1.29, 1.82) is 0 Å². The first-order valence-electron chi connectivity index (χ1n) is 13.1. The number of hydrogen-bond acceptors (Lipinski definition) is 9. The zero-order chi connectivity index (χ0) is 27.5. The Bertz CT molecular complexity index is 1010. The molecule has 8 nitrogen and oxygen atoms in total. The SMILES string of the molecule is CSc1nccc(/C=C(\C)[C@@H]2C[C@@H]3O[C@]3(C)CCC[C@H](C)[C@H](O)[C@@H](C)C(=O)C(C)(C)[C@@H](O)CC(=O)O2)n1. The summed E-state index contributed by atoms with van der Waals surface area (Å²) in [5.74, 6) is -1.60. The Hall–Kier alpha value is -1.81. The van der Waals surface area contributed by atoms with Crippen molar-refractivity contribution in [3.05, 3.63) is 23.5 Å². The lowest BCUT2D eigenvalue weighted by molar-refractivity contribution is -0.154. The molecule has 2 N–H and O–H groups in total. The smallest absolute Gasteiger partial charge is 0.309 e. The molecule has 2 saturated heterocycles. The number of aliphatic hydroxyl groups excluding tert-OH is 2. The molecule has 206 valence electrons. The molecule has 3 heterocycles. The van der Waals surface area contributed by atoms with Gasteiger partial charge in [0.25, 0.3) is 0 Å². The molecule has 0 saturated carbocycles. The summed E-state index contributed by atoms with van der Waals surface area (Å²) < 4.78 is 12.0. The summed E-state index contributed by atoms with van der Waals surface area (Å²) in [7, 11) is 0. The van der Waals surface area contributed by atoms with Gasteiger partial charge in [-0.2, -0.15) is 0 Å². The number of carbonyl (C=O) groups excluding carboxylic acids is 2. The molecule has 0 unspecified atom stereocenters. The Morgan fingerprint density at radius 2 is 1.92 bits per heavy atom. The van der Waals surface area contributed by atoms with Gasteiger partial charge in [-0.1, -0.05) is 45.9 Å². The van der Waals surface area contributed by atoms with E-state index in [4.69, 9.17) is 9.47 Å². The monoisotopic (exact) mass is 534 g/mol. The van der Waals surface area contributed by atoms with Crippen LogP contribution in [0.2, 0.25) is 0 Å². The normalized spacial score (nSPS) is 36.0. The summed E-state index contributed by atoms with van der Waals surface area (Å²) >= 11 is 1.45. The molecular formula is C28H42N2O6S. The van der Waals surface area contributed by atoms with Crippen LogP contribution in [0.15, 0.2) is 23.0 Å². The van der Waals surface area contributed by atoms with E-state index < -0.39 is 35.6 Å². The van der Waals surface area contributed by atoms with Gasteiger partial charge in [0.2, 0.25) is 0 Å². The highest BCUT2D eigenvalue weighted by molar-refractivity contribution is 7.98. The van der Waals surface area contributed by atoms with E-state index in [0.29, 0.717) is 17.3 Å². The maximum Gasteiger partial charge on any atom is 0.309 e. The third-order valence-electron chi connectivity index (χ3n) is 8.13. The summed E-state index contributed by atoms with van der Waals surface area (Å²) in [6.45, 7) is 10.8. The van der Waals surface area contributed by atoms with Gasteiger partial charge in [-0.15, -0.1) is 0 Å². The first-order chi connectivity index (χ1) is 17.3. The van der Waals surface area contributed by atoms with E-state index in [0.717, 1.165) is 24.8 Å². The topological polar surface area (TPSA) is 122 Å². The van der Waals surface area contributed by atoms with Crippen LogP contribution < -0.4 is 0 Å². The van der Waals surface area contributed by atoms with Gasteiger partial charge in [-0.05, 0) is 56.6 Å². The second kappa shape index (κ2) is 11.9. The standard InChI is InChI=1S/C28H42N2O6S/c1-16-9-8-11-28(6)22(36-28)14-20(17(2)13-19-10-12-29-26(30-19)37-7)35-23(32)15-21(31)27(4,5)25(34)18(3)24(16)33/h10,12-13,16,18,20-22,24,31,33H,8-9,11,14-15H2,1-7H3/b17-13+/t16-,18+,20-,21-,22-,24-,28+/m0/s1. The summed E-state index contributed by atoms with van der Waals surface area (Å²) in [4.78, 5) is 35.0. The largest absolute Gasteiger partial charge is 0.458 e. The second-order valence-electron chi connectivity index (χ2n) is 11.4. The zero-order valence-corrected chi connectivity index (χ0v) is 23.9. The summed E-state index contributed by atoms with van der Waals surface area (Å²) in [6.07, 6.45) is 5.35. The molecule has 2 aliphatic rings. The Morgan fingerprint density at radius 3 is 2.59 bits per heavy atom. The molecule has 0 bridgehead atoms. The van der Waals surface area contributed by atoms with E-state index >= 15 is 0 Å². The Kier molecular flexibility index (Phi) is 9.59. The maximum absolute atomic E-state index is 13.3. The second-order valence-corrected chi connectivity index (χ2v) is 12.2. The van der Waals surface area contributed by atoms with Crippen molar-refractivity contribution in [3.63, 3.8) is 0 Å². The minimum absolute atomic E-state index is 0.0733. The number of aromatic nitrogens is 2. The van der Waals surface area contributed by atoms with Gasteiger partial charge in [0.15, 0.2) is 5.16 Å². The number of esters is 1. The molecule has 0 radical (unpaired) electrons. The fraction of sp³-hybridized carbons (Fsp3) is 0.714. The number of carbonyl (C=O) groups is 2. The lowest BCUT2D eigenvalue weighted by Crippen LogP contribution is -2.45. The van der Waals surface area contributed by atoms with Gasteiger partial charge in [0.05, 0.1) is 41.4 Å². The quantitative estimate of drug-likeness (QED) is 0.254. The lowest BCUT2D eigenvalue weighted by atomic mass is 9.73. The van der Waals surface area contributed by atoms with Crippen molar-refractivity contribution in [3.8, 4) is 0 Å². The highest BCUT2D eigenvalue weighted by Gasteiger charge is 2.53. The van der Waals surface area contributed by atoms with Gasteiger partial charge in [-0.3, -0.25) is 9.59 Å². The number of aliphatic hydroxyl groups is 2. The Balaban J connectivity index is 1.87. The molecule has 0 aliphatic carbocycles. The van der Waals surface area contributed by atoms with E-state index in [2.05, 4.69) is 16.9 Å². The predicted octanol–water partition coefficient (Wildman–Crippen LogP) is 4.22. The van der Waals surface area contributed by atoms with Crippen LogP contribution in [0.4, 0.5) is 0 Å². The van der Waals surface area contributed by atoms with E-state index in [9.17, 15) is 19.8 Å². The molecule has 7 atom stereocenters. The van der Waals surface area contributed by atoms with Crippen LogP contribution in [0.5, 0.6) is 0 Å². The Labute approximate surface area is 224 Å². The Morgan fingerprint density at radius 1 is 1.22 bits per heavy atom. The maximum atomic E-state index is 13.3. The molecule has 9 heteroatoms. The number of ether oxygens (including phenoxy) is 2. The van der Waals surface area contributed by atoms with Crippen LogP contribution in [0.1, 0.15) is 79.3 Å². The van der Waals surface area contributed by atoms with Crippen molar-refractivity contribution < 1.29 is 29.3 Å². The molecule has 37 heavy (non-hydrogen) atoms. The fourth-order valence-corrected chi connectivity index (χ4v) is 5.52. The average Bonchev–Trinajstić information content (AvgIpc) is 3.49. The van der Waals surface area contributed by atoms with Crippen LogP contribution in [-0.4, -0.2) is 68.2 Å². The van der Waals surface area contributed by atoms with Crippen LogP contribution in [0, 0.1) is 17.3 Å². The molecule has 3 rings (SSSR count). The summed E-state index contributed by atoms with van der Waals surface area (Å²) in [5, 5.41) is 22.4. The minimum Gasteiger partial charge on any atom is -0.458 e. The lowest BCUT2D eigenvalue weighted by Gasteiger charge is -2.34. The first-order valence-corrected chi connectivity index (χ1v) is 14.3. The van der Waals surface area contributed by atoms with Gasteiger partial charge >= 0.3 is 5.97 Å². The van der Waals surface area contributed by atoms with Crippen molar-refractivity contribution in [1.82, 2.24) is 9.97 Å².